The van der Waals surface area contributed by atoms with Crippen molar-refractivity contribution in [3.05, 3.63) is 77.1 Å². The number of ether oxygens (including phenoxy) is 1. The van der Waals surface area contributed by atoms with E-state index in [1.54, 1.807) is 12.1 Å². The number of anilines is 1. The van der Waals surface area contributed by atoms with Gasteiger partial charge < -0.3 is 14.6 Å². The van der Waals surface area contributed by atoms with Crippen LogP contribution in [0.4, 0.5) is 5.69 Å². The summed E-state index contributed by atoms with van der Waals surface area (Å²) in [6.07, 6.45) is 0. The van der Waals surface area contributed by atoms with Gasteiger partial charge in [0.15, 0.2) is 11.0 Å². The average Bonchev–Trinajstić information content (AvgIpc) is 3.12. The molecule has 0 fully saturated rings. The molecule has 0 aliphatic carbocycles. The van der Waals surface area contributed by atoms with Crippen LogP contribution in [0, 0.1) is 6.92 Å². The minimum Gasteiger partial charge on any atom is -0.485 e. The minimum absolute atomic E-state index is 0.119. The maximum Gasteiger partial charge on any atom is 0.234 e. The van der Waals surface area contributed by atoms with Gasteiger partial charge >= 0.3 is 0 Å². The van der Waals surface area contributed by atoms with Gasteiger partial charge in [-0.05, 0) is 42.1 Å². The number of fused-ring (bicyclic) bond motifs is 1. The lowest BCUT2D eigenvalue weighted by Crippen LogP contribution is -2.15. The lowest BCUT2D eigenvalue weighted by molar-refractivity contribution is -0.113. The molecule has 0 spiro atoms. The highest BCUT2D eigenvalue weighted by molar-refractivity contribution is 7.99. The Hall–Kier alpha value is -3.03. The fourth-order valence-corrected chi connectivity index (χ4v) is 4.10. The predicted octanol–water partition coefficient (Wildman–Crippen LogP) is 5.24. The van der Waals surface area contributed by atoms with Crippen LogP contribution in [-0.2, 0) is 18.4 Å². The van der Waals surface area contributed by atoms with Crippen molar-refractivity contribution < 1.29 is 9.53 Å². The van der Waals surface area contributed by atoms with Crippen molar-refractivity contribution in [2.75, 3.05) is 11.1 Å². The molecule has 158 valence electrons. The van der Waals surface area contributed by atoms with Crippen LogP contribution in [0.5, 0.6) is 5.75 Å². The van der Waals surface area contributed by atoms with Crippen LogP contribution < -0.4 is 10.1 Å². The van der Waals surface area contributed by atoms with Crippen LogP contribution in [-0.4, -0.2) is 26.4 Å². The zero-order valence-electron chi connectivity index (χ0n) is 17.1. The number of aryl methyl sites for hydroxylation is 1. The van der Waals surface area contributed by atoms with Gasteiger partial charge in [-0.2, -0.15) is 0 Å². The standard InChI is InChI=1S/C23H21ClN4O2S/c1-15-12-17(24)10-11-19(15)25-22(29)14-31-23-27-26-21(28(23)2)13-30-20-9-5-7-16-6-3-4-8-18(16)20/h3-12H,13-14H2,1-2H3,(H,25,29). The summed E-state index contributed by atoms with van der Waals surface area (Å²) in [7, 11) is 1.87. The molecule has 1 heterocycles. The van der Waals surface area contributed by atoms with Crippen molar-refractivity contribution in [2.45, 2.75) is 18.7 Å². The van der Waals surface area contributed by atoms with Crippen molar-refractivity contribution >= 4 is 45.7 Å². The van der Waals surface area contributed by atoms with Gasteiger partial charge in [0.05, 0.1) is 5.75 Å². The Bertz CT molecular complexity index is 1240. The highest BCUT2D eigenvalue weighted by Gasteiger charge is 2.13. The van der Waals surface area contributed by atoms with Gasteiger partial charge in [-0.3, -0.25) is 4.79 Å². The first kappa shape index (κ1) is 21.2. The zero-order valence-corrected chi connectivity index (χ0v) is 18.7. The van der Waals surface area contributed by atoms with Gasteiger partial charge in [0, 0.05) is 23.1 Å². The van der Waals surface area contributed by atoms with E-state index in [4.69, 9.17) is 16.3 Å². The second kappa shape index (κ2) is 9.41. The van der Waals surface area contributed by atoms with Crippen LogP contribution >= 0.6 is 23.4 Å². The Morgan fingerprint density at radius 1 is 1.13 bits per heavy atom. The van der Waals surface area contributed by atoms with Crippen molar-refractivity contribution in [1.82, 2.24) is 14.8 Å². The third-order valence-corrected chi connectivity index (χ3v) is 6.08. The van der Waals surface area contributed by atoms with Crippen molar-refractivity contribution in [3.63, 3.8) is 0 Å². The van der Waals surface area contributed by atoms with Gasteiger partial charge in [0.25, 0.3) is 0 Å². The SMILES string of the molecule is Cc1cc(Cl)ccc1NC(=O)CSc1nnc(COc2cccc3ccccc23)n1C. The minimum atomic E-state index is -0.119. The smallest absolute Gasteiger partial charge is 0.234 e. The number of aromatic nitrogens is 3. The molecule has 0 saturated carbocycles. The number of amides is 1. The number of nitrogens with one attached hydrogen (secondary N) is 1. The number of halogens is 1. The number of thioether (sulfide) groups is 1. The van der Waals surface area contributed by atoms with E-state index in [-0.39, 0.29) is 18.3 Å². The highest BCUT2D eigenvalue weighted by Crippen LogP contribution is 2.26. The van der Waals surface area contributed by atoms with Crippen LogP contribution in [0.25, 0.3) is 10.8 Å². The van der Waals surface area contributed by atoms with Crippen LogP contribution in [0.15, 0.2) is 65.8 Å². The van der Waals surface area contributed by atoms with Crippen molar-refractivity contribution in [3.8, 4) is 5.75 Å². The number of nitrogens with zero attached hydrogens (tertiary/aromatic N) is 3. The molecule has 0 atom stereocenters. The summed E-state index contributed by atoms with van der Waals surface area (Å²) >= 11 is 7.29. The Morgan fingerprint density at radius 2 is 1.94 bits per heavy atom. The third-order valence-electron chi connectivity index (χ3n) is 4.83. The van der Waals surface area contributed by atoms with E-state index in [9.17, 15) is 4.79 Å². The molecule has 1 N–H and O–H groups in total. The van der Waals surface area contributed by atoms with E-state index in [0.29, 0.717) is 16.0 Å². The average molecular weight is 453 g/mol. The molecule has 0 unspecified atom stereocenters. The predicted molar refractivity (Wildman–Crippen MR) is 125 cm³/mol. The first-order valence-corrected chi connectivity index (χ1v) is 11.1. The fourth-order valence-electron chi connectivity index (χ4n) is 3.14. The maximum atomic E-state index is 12.3. The second-order valence-corrected chi connectivity index (χ2v) is 8.40. The maximum absolute atomic E-state index is 12.3. The van der Waals surface area contributed by atoms with E-state index in [0.717, 1.165) is 27.8 Å². The van der Waals surface area contributed by atoms with Crippen LogP contribution in [0.2, 0.25) is 5.02 Å². The Kier molecular flexibility index (Phi) is 6.44. The largest absolute Gasteiger partial charge is 0.485 e. The molecule has 1 aromatic heterocycles. The van der Waals surface area contributed by atoms with Crippen molar-refractivity contribution in [2.24, 2.45) is 7.05 Å². The number of hydrogen-bond acceptors (Lipinski definition) is 5. The Morgan fingerprint density at radius 3 is 2.77 bits per heavy atom. The summed E-state index contributed by atoms with van der Waals surface area (Å²) in [5.41, 5.74) is 1.66. The number of carbonyl (C=O) groups excluding carboxylic acids is 1. The number of hydrogen-bond donors (Lipinski definition) is 1. The quantitative estimate of drug-likeness (QED) is 0.388. The van der Waals surface area contributed by atoms with Gasteiger partial charge in [-0.25, -0.2) is 0 Å². The summed E-state index contributed by atoms with van der Waals surface area (Å²) in [5.74, 6) is 1.59. The Balaban J connectivity index is 1.36. The molecule has 1 amide bonds. The normalized spacial score (nSPS) is 10.9. The summed E-state index contributed by atoms with van der Waals surface area (Å²) in [6, 6.07) is 19.4. The van der Waals surface area contributed by atoms with Gasteiger partial charge in [-0.15, -0.1) is 10.2 Å². The number of benzene rings is 3. The lowest BCUT2D eigenvalue weighted by Gasteiger charge is -2.10. The molecule has 8 heteroatoms. The number of rotatable bonds is 7. The van der Waals surface area contributed by atoms with Crippen molar-refractivity contribution in [1.29, 1.82) is 0 Å². The van der Waals surface area contributed by atoms with E-state index in [1.165, 1.54) is 11.8 Å². The molecule has 3 aromatic carbocycles. The summed E-state index contributed by atoms with van der Waals surface area (Å²) in [5, 5.41) is 14.8. The summed E-state index contributed by atoms with van der Waals surface area (Å²) < 4.78 is 7.85. The third kappa shape index (κ3) is 5.00. The molecule has 0 bridgehead atoms. The zero-order chi connectivity index (χ0) is 21.8. The molecule has 0 aliphatic rings. The molecule has 0 aliphatic heterocycles. The second-order valence-electron chi connectivity index (χ2n) is 7.02. The highest BCUT2D eigenvalue weighted by atomic mass is 35.5. The van der Waals surface area contributed by atoms with Crippen LogP contribution in [0.1, 0.15) is 11.4 Å². The molecule has 0 radical (unpaired) electrons. The molecule has 0 saturated heterocycles. The summed E-state index contributed by atoms with van der Waals surface area (Å²) in [4.78, 5) is 12.3. The molecule has 4 aromatic rings. The lowest BCUT2D eigenvalue weighted by atomic mass is 10.1. The molecular weight excluding hydrogens is 432 g/mol. The van der Waals surface area contributed by atoms with E-state index in [1.807, 2.05) is 54.9 Å². The molecular formula is C23H21ClN4O2S. The van der Waals surface area contributed by atoms with Gasteiger partial charge in [0.1, 0.15) is 12.4 Å². The van der Waals surface area contributed by atoms with E-state index in [2.05, 4.69) is 27.6 Å². The first-order chi connectivity index (χ1) is 15.0. The monoisotopic (exact) mass is 452 g/mol. The first-order valence-electron chi connectivity index (χ1n) is 9.69. The van der Waals surface area contributed by atoms with E-state index < -0.39 is 0 Å². The number of carbonyl (C=O) groups is 1. The van der Waals surface area contributed by atoms with Gasteiger partial charge in [-0.1, -0.05) is 59.8 Å². The van der Waals surface area contributed by atoms with E-state index >= 15 is 0 Å². The molecule has 6 nitrogen and oxygen atoms in total. The molecule has 4 rings (SSSR count). The molecule has 31 heavy (non-hydrogen) atoms. The van der Waals surface area contributed by atoms with Gasteiger partial charge in [0.2, 0.25) is 5.91 Å². The van der Waals surface area contributed by atoms with Crippen LogP contribution in [0.3, 0.4) is 0 Å². The Labute approximate surface area is 189 Å². The topological polar surface area (TPSA) is 69.0 Å². The summed E-state index contributed by atoms with van der Waals surface area (Å²) in [6.45, 7) is 2.19. The fraction of sp³-hybridized carbons (Fsp3) is 0.174.